The highest BCUT2D eigenvalue weighted by Gasteiger charge is 2.15. The Hall–Kier alpha value is -2.62. The van der Waals surface area contributed by atoms with Crippen LogP contribution in [0.25, 0.3) is 11.6 Å². The maximum Gasteiger partial charge on any atom is 0.145 e. The van der Waals surface area contributed by atoms with Gasteiger partial charge in [0.1, 0.15) is 11.6 Å². The van der Waals surface area contributed by atoms with E-state index in [0.29, 0.717) is 17.1 Å². The van der Waals surface area contributed by atoms with E-state index in [1.165, 1.54) is 6.07 Å². The van der Waals surface area contributed by atoms with Gasteiger partial charge in [0.25, 0.3) is 0 Å². The van der Waals surface area contributed by atoms with Gasteiger partial charge in [0.05, 0.1) is 5.69 Å². The number of aryl methyl sites for hydroxylation is 1. The second-order valence-electron chi connectivity index (χ2n) is 5.87. The van der Waals surface area contributed by atoms with Crippen LogP contribution in [0, 0.1) is 12.7 Å². The first-order valence-electron chi connectivity index (χ1n) is 7.94. The number of nitrogens with one attached hydrogen (secondary N) is 1. The van der Waals surface area contributed by atoms with E-state index in [0.717, 1.165) is 28.9 Å². The van der Waals surface area contributed by atoms with Gasteiger partial charge >= 0.3 is 0 Å². The lowest BCUT2D eigenvalue weighted by atomic mass is 10.00. The molecule has 0 fully saturated rings. The van der Waals surface area contributed by atoms with Crippen molar-refractivity contribution in [2.75, 3.05) is 24.3 Å². The number of benzene rings is 1. The number of hydrogen-bond donors (Lipinski definition) is 1. The van der Waals surface area contributed by atoms with Crippen molar-refractivity contribution >= 4 is 28.8 Å². The Morgan fingerprint density at radius 2 is 2.08 bits per heavy atom. The lowest BCUT2D eigenvalue weighted by Crippen LogP contribution is -2.12. The fourth-order valence-electron chi connectivity index (χ4n) is 2.54. The lowest BCUT2D eigenvalue weighted by Gasteiger charge is -2.22. The molecular formula is C20H24FN3. The molecule has 0 saturated heterocycles. The fourth-order valence-corrected chi connectivity index (χ4v) is 2.54. The van der Waals surface area contributed by atoms with Crippen LogP contribution >= 0.6 is 0 Å². The number of allylic oxidation sites excluding steroid dienone is 1. The Kier molecular flexibility index (Phi) is 5.39. The Labute approximate surface area is 143 Å². The van der Waals surface area contributed by atoms with Crippen molar-refractivity contribution in [2.24, 2.45) is 0 Å². The molecule has 2 aromatic rings. The quantitative estimate of drug-likeness (QED) is 0.770. The maximum atomic E-state index is 13.8. The molecule has 1 N–H and O–H groups in total. The van der Waals surface area contributed by atoms with E-state index in [9.17, 15) is 4.39 Å². The van der Waals surface area contributed by atoms with E-state index in [-0.39, 0.29) is 5.82 Å². The van der Waals surface area contributed by atoms with E-state index < -0.39 is 0 Å². The molecule has 4 heteroatoms. The third-order valence-electron chi connectivity index (χ3n) is 3.96. The molecule has 126 valence electrons. The number of nitrogens with zero attached hydrogens (tertiary/aromatic N) is 2. The van der Waals surface area contributed by atoms with Crippen molar-refractivity contribution in [3.05, 3.63) is 60.1 Å². The summed E-state index contributed by atoms with van der Waals surface area (Å²) in [6, 6.07) is 7.46. The van der Waals surface area contributed by atoms with E-state index >= 15 is 0 Å². The van der Waals surface area contributed by atoms with Gasteiger partial charge in [-0.25, -0.2) is 9.37 Å². The molecule has 24 heavy (non-hydrogen) atoms. The van der Waals surface area contributed by atoms with Crippen LogP contribution in [0.4, 0.5) is 21.6 Å². The summed E-state index contributed by atoms with van der Waals surface area (Å²) in [6.45, 7) is 11.7. The number of aromatic nitrogens is 1. The molecule has 1 aromatic carbocycles. The molecule has 0 bridgehead atoms. The first kappa shape index (κ1) is 17.7. The number of hydrogen-bond acceptors (Lipinski definition) is 3. The van der Waals surface area contributed by atoms with Gasteiger partial charge in [-0.3, -0.25) is 0 Å². The van der Waals surface area contributed by atoms with Gasteiger partial charge in [0.2, 0.25) is 0 Å². The monoisotopic (exact) mass is 325 g/mol. The zero-order valence-electron chi connectivity index (χ0n) is 14.8. The molecule has 0 aliphatic heterocycles. The standard InChI is InChI=1S/C20H24FN3/c1-7-13(3)19-17(10-9-11-18(19)24(5)6)23-20-15(8-2)12-16(21)14(4)22-20/h8-12H,2-3,7H2,1,4-6H3,(H,22,23). The summed E-state index contributed by atoms with van der Waals surface area (Å²) in [6.07, 6.45) is 2.44. The number of anilines is 3. The zero-order valence-corrected chi connectivity index (χ0v) is 14.8. The van der Waals surface area contributed by atoms with E-state index in [4.69, 9.17) is 0 Å². The first-order valence-corrected chi connectivity index (χ1v) is 7.94. The van der Waals surface area contributed by atoms with Gasteiger partial charge in [0, 0.05) is 36.6 Å². The van der Waals surface area contributed by atoms with Gasteiger partial charge in [-0.2, -0.15) is 0 Å². The van der Waals surface area contributed by atoms with Crippen LogP contribution in [0.3, 0.4) is 0 Å². The van der Waals surface area contributed by atoms with Crippen molar-refractivity contribution in [3.63, 3.8) is 0 Å². The van der Waals surface area contributed by atoms with Gasteiger partial charge in [0.15, 0.2) is 0 Å². The van der Waals surface area contributed by atoms with Crippen LogP contribution in [0.15, 0.2) is 37.4 Å². The number of halogens is 1. The first-order chi connectivity index (χ1) is 11.4. The molecule has 0 atom stereocenters. The third-order valence-corrected chi connectivity index (χ3v) is 3.96. The Balaban J connectivity index is 2.58. The molecule has 1 aromatic heterocycles. The molecule has 0 spiro atoms. The summed E-state index contributed by atoms with van der Waals surface area (Å²) < 4.78 is 13.8. The summed E-state index contributed by atoms with van der Waals surface area (Å²) in [4.78, 5) is 6.39. The van der Waals surface area contributed by atoms with Crippen LogP contribution in [0.2, 0.25) is 0 Å². The van der Waals surface area contributed by atoms with Crippen LogP contribution in [0.5, 0.6) is 0 Å². The molecular weight excluding hydrogens is 301 g/mol. The SMILES string of the molecule is C=Cc1cc(F)c(C)nc1Nc1cccc(N(C)C)c1C(=C)CC. The molecule has 2 rings (SSSR count). The van der Waals surface area contributed by atoms with Crippen LogP contribution in [0.1, 0.15) is 30.2 Å². The van der Waals surface area contributed by atoms with Crippen molar-refractivity contribution in [1.82, 2.24) is 4.98 Å². The largest absolute Gasteiger partial charge is 0.377 e. The minimum Gasteiger partial charge on any atom is -0.377 e. The van der Waals surface area contributed by atoms with Crippen molar-refractivity contribution in [1.29, 1.82) is 0 Å². The van der Waals surface area contributed by atoms with Gasteiger partial charge in [-0.05, 0) is 37.1 Å². The summed E-state index contributed by atoms with van der Waals surface area (Å²) in [7, 11) is 4.00. The van der Waals surface area contributed by atoms with Crippen LogP contribution in [-0.2, 0) is 0 Å². The molecule has 3 nitrogen and oxygen atoms in total. The summed E-state index contributed by atoms with van der Waals surface area (Å²) in [5.74, 6) is 0.251. The Morgan fingerprint density at radius 3 is 2.67 bits per heavy atom. The molecule has 0 unspecified atom stereocenters. The summed E-state index contributed by atoms with van der Waals surface area (Å²) in [5.41, 5.74) is 5.02. The molecule has 0 radical (unpaired) electrons. The highest BCUT2D eigenvalue weighted by molar-refractivity contribution is 5.87. The molecule has 0 saturated carbocycles. The molecule has 0 amide bonds. The molecule has 1 heterocycles. The summed E-state index contributed by atoms with van der Waals surface area (Å²) >= 11 is 0. The van der Waals surface area contributed by atoms with E-state index in [1.807, 2.05) is 26.2 Å². The second kappa shape index (κ2) is 7.30. The average molecular weight is 325 g/mol. The predicted molar refractivity (Wildman–Crippen MR) is 102 cm³/mol. The molecule has 0 aliphatic rings. The topological polar surface area (TPSA) is 28.2 Å². The smallest absolute Gasteiger partial charge is 0.145 e. The van der Waals surface area contributed by atoms with Crippen LogP contribution < -0.4 is 10.2 Å². The van der Waals surface area contributed by atoms with Crippen molar-refractivity contribution < 1.29 is 4.39 Å². The van der Waals surface area contributed by atoms with E-state index in [2.05, 4.69) is 41.3 Å². The lowest BCUT2D eigenvalue weighted by molar-refractivity contribution is 0.610. The number of rotatable bonds is 6. The fraction of sp³-hybridized carbons (Fsp3) is 0.250. The van der Waals surface area contributed by atoms with Gasteiger partial charge < -0.3 is 10.2 Å². The van der Waals surface area contributed by atoms with Gasteiger partial charge in [-0.15, -0.1) is 0 Å². The minimum atomic E-state index is -0.337. The Bertz CT molecular complexity index is 779. The third kappa shape index (κ3) is 3.48. The maximum absolute atomic E-state index is 13.8. The van der Waals surface area contributed by atoms with E-state index in [1.54, 1.807) is 13.0 Å². The zero-order chi connectivity index (χ0) is 17.9. The van der Waals surface area contributed by atoms with Gasteiger partial charge in [-0.1, -0.05) is 32.2 Å². The molecule has 0 aliphatic carbocycles. The predicted octanol–water partition coefficient (Wildman–Crippen LogP) is 5.40. The van der Waals surface area contributed by atoms with Crippen LogP contribution in [-0.4, -0.2) is 19.1 Å². The van der Waals surface area contributed by atoms with Crippen molar-refractivity contribution in [2.45, 2.75) is 20.3 Å². The number of pyridine rings is 1. The highest BCUT2D eigenvalue weighted by Crippen LogP contribution is 2.35. The Morgan fingerprint density at radius 1 is 1.38 bits per heavy atom. The normalized spacial score (nSPS) is 10.4. The van der Waals surface area contributed by atoms with Crippen molar-refractivity contribution in [3.8, 4) is 0 Å². The average Bonchev–Trinajstić information content (AvgIpc) is 2.56. The summed E-state index contributed by atoms with van der Waals surface area (Å²) in [5, 5.41) is 3.33. The second-order valence-corrected chi connectivity index (χ2v) is 5.87. The highest BCUT2D eigenvalue weighted by atomic mass is 19.1. The minimum absolute atomic E-state index is 0.337.